The fraction of sp³-hybridized carbons (Fsp3) is 0.167. The van der Waals surface area contributed by atoms with Gasteiger partial charge in [0, 0.05) is 18.0 Å². The molecule has 0 bridgehead atoms. The van der Waals surface area contributed by atoms with E-state index in [1.54, 1.807) is 11.8 Å². The molecule has 22 heavy (non-hydrogen) atoms. The number of oxazole rings is 1. The normalized spacial score (nSPS) is 15.8. The predicted octanol–water partition coefficient (Wildman–Crippen LogP) is 4.11. The number of nitrogens with zero attached hydrogens (tertiary/aromatic N) is 2. The third kappa shape index (κ3) is 2.03. The molecule has 0 saturated carbocycles. The Labute approximate surface area is 133 Å². The zero-order valence-corrected chi connectivity index (χ0v) is 13.6. The van der Waals surface area contributed by atoms with E-state index in [2.05, 4.69) is 53.8 Å². The van der Waals surface area contributed by atoms with E-state index in [-0.39, 0.29) is 0 Å². The van der Waals surface area contributed by atoms with Crippen molar-refractivity contribution in [1.82, 2.24) is 0 Å². The molecule has 110 valence electrons. The molecule has 3 nitrogen and oxygen atoms in total. The monoisotopic (exact) mass is 309 g/mol. The zero-order chi connectivity index (χ0) is 15.3. The van der Waals surface area contributed by atoms with Gasteiger partial charge < -0.3 is 9.32 Å². The maximum atomic E-state index is 5.98. The lowest BCUT2D eigenvalue weighted by Crippen LogP contribution is -2.29. The van der Waals surface area contributed by atoms with Crippen LogP contribution in [0.15, 0.2) is 56.8 Å². The number of hydrogen-bond donors (Lipinski definition) is 0. The summed E-state index contributed by atoms with van der Waals surface area (Å²) in [5.41, 5.74) is 4.56. The van der Waals surface area contributed by atoms with E-state index in [9.17, 15) is 0 Å². The van der Waals surface area contributed by atoms with E-state index in [1.165, 1.54) is 21.2 Å². The number of anilines is 1. The summed E-state index contributed by atoms with van der Waals surface area (Å²) < 4.78 is 8.07. The standard InChI is InChI=1S/C18H17N2OS/c1-12-8-9-16-14(10-12)20(3)18(22-16)11-17-19(2)13-6-4-5-7-15(13)21-17/h4-11H,1-3H3/q+1. The van der Waals surface area contributed by atoms with Gasteiger partial charge in [0.25, 0.3) is 5.52 Å². The van der Waals surface area contributed by atoms with Crippen molar-refractivity contribution in [2.24, 2.45) is 7.05 Å². The molecule has 0 unspecified atom stereocenters. The van der Waals surface area contributed by atoms with Crippen molar-refractivity contribution in [3.05, 3.63) is 58.9 Å². The van der Waals surface area contributed by atoms with Crippen LogP contribution in [0, 0.1) is 6.92 Å². The van der Waals surface area contributed by atoms with Crippen molar-refractivity contribution >= 4 is 34.6 Å². The molecule has 0 aliphatic carbocycles. The lowest BCUT2D eigenvalue weighted by atomic mass is 10.2. The molecule has 0 saturated heterocycles. The Morgan fingerprint density at radius 3 is 2.82 bits per heavy atom. The van der Waals surface area contributed by atoms with Gasteiger partial charge in [-0.15, -0.1) is 0 Å². The van der Waals surface area contributed by atoms with Crippen LogP contribution in [0.3, 0.4) is 0 Å². The fourth-order valence-electron chi connectivity index (χ4n) is 2.75. The number of thioether (sulfide) groups is 1. The van der Waals surface area contributed by atoms with Crippen LogP contribution in [0.4, 0.5) is 5.69 Å². The highest BCUT2D eigenvalue weighted by Crippen LogP contribution is 2.45. The number of fused-ring (bicyclic) bond motifs is 2. The van der Waals surface area contributed by atoms with Crippen molar-refractivity contribution in [2.75, 3.05) is 11.9 Å². The van der Waals surface area contributed by atoms with E-state index in [0.717, 1.165) is 17.0 Å². The lowest BCUT2D eigenvalue weighted by molar-refractivity contribution is -0.652. The molecule has 1 aliphatic heterocycles. The van der Waals surface area contributed by atoms with Crippen LogP contribution in [0.1, 0.15) is 11.5 Å². The van der Waals surface area contributed by atoms with Gasteiger partial charge in [-0.3, -0.25) is 0 Å². The first-order valence-electron chi connectivity index (χ1n) is 7.25. The Kier molecular flexibility index (Phi) is 3.01. The van der Waals surface area contributed by atoms with E-state index >= 15 is 0 Å². The van der Waals surface area contributed by atoms with Gasteiger partial charge in [0.1, 0.15) is 7.05 Å². The molecule has 4 rings (SSSR count). The molecule has 0 amide bonds. The number of aryl methyl sites for hydroxylation is 2. The Morgan fingerprint density at radius 2 is 2.00 bits per heavy atom. The minimum absolute atomic E-state index is 0.861. The molecular formula is C18H17N2OS+. The summed E-state index contributed by atoms with van der Waals surface area (Å²) in [6, 6.07) is 14.7. The molecule has 4 heteroatoms. The van der Waals surface area contributed by atoms with Crippen LogP contribution in [0.5, 0.6) is 0 Å². The van der Waals surface area contributed by atoms with Gasteiger partial charge in [0.15, 0.2) is 0 Å². The molecule has 1 aromatic heterocycles. The summed E-state index contributed by atoms with van der Waals surface area (Å²) >= 11 is 1.78. The Balaban J connectivity index is 1.79. The highest BCUT2D eigenvalue weighted by Gasteiger charge is 2.25. The molecule has 3 aromatic rings. The highest BCUT2D eigenvalue weighted by atomic mass is 32.2. The average Bonchev–Trinajstić information content (AvgIpc) is 2.99. The number of hydrogen-bond acceptors (Lipinski definition) is 3. The first-order chi connectivity index (χ1) is 10.6. The van der Waals surface area contributed by atoms with Crippen LogP contribution in [-0.2, 0) is 7.05 Å². The molecular weight excluding hydrogens is 292 g/mol. The molecule has 1 aliphatic rings. The van der Waals surface area contributed by atoms with Crippen molar-refractivity contribution < 1.29 is 8.98 Å². The Hall–Kier alpha value is -2.20. The summed E-state index contributed by atoms with van der Waals surface area (Å²) in [5, 5.41) is 1.18. The van der Waals surface area contributed by atoms with Crippen molar-refractivity contribution in [3.8, 4) is 0 Å². The van der Waals surface area contributed by atoms with E-state index < -0.39 is 0 Å². The topological polar surface area (TPSA) is 20.3 Å². The largest absolute Gasteiger partial charge is 0.398 e. The number of aromatic nitrogens is 1. The van der Waals surface area contributed by atoms with Crippen molar-refractivity contribution in [3.63, 3.8) is 0 Å². The van der Waals surface area contributed by atoms with Crippen LogP contribution >= 0.6 is 11.8 Å². The first kappa shape index (κ1) is 13.5. The Morgan fingerprint density at radius 1 is 1.18 bits per heavy atom. The number of rotatable bonds is 1. The van der Waals surface area contributed by atoms with Crippen LogP contribution in [-0.4, -0.2) is 7.05 Å². The highest BCUT2D eigenvalue weighted by molar-refractivity contribution is 8.03. The van der Waals surface area contributed by atoms with Gasteiger partial charge in [-0.1, -0.05) is 30.0 Å². The quantitative estimate of drug-likeness (QED) is 0.631. The van der Waals surface area contributed by atoms with Gasteiger partial charge in [0.2, 0.25) is 5.58 Å². The average molecular weight is 309 g/mol. The maximum absolute atomic E-state index is 5.98. The second kappa shape index (κ2) is 4.92. The Bertz CT molecular complexity index is 911. The van der Waals surface area contributed by atoms with Gasteiger partial charge in [-0.25, -0.2) is 0 Å². The van der Waals surface area contributed by atoms with Crippen molar-refractivity contribution in [1.29, 1.82) is 0 Å². The molecule has 2 heterocycles. The van der Waals surface area contributed by atoms with E-state index in [0.29, 0.717) is 0 Å². The van der Waals surface area contributed by atoms with Crippen LogP contribution < -0.4 is 9.47 Å². The molecule has 0 spiro atoms. The summed E-state index contributed by atoms with van der Waals surface area (Å²) in [7, 11) is 4.14. The molecule has 0 atom stereocenters. The molecule has 0 fully saturated rings. The third-order valence-electron chi connectivity index (χ3n) is 4.04. The third-order valence-corrected chi connectivity index (χ3v) is 5.21. The minimum atomic E-state index is 0.861. The summed E-state index contributed by atoms with van der Waals surface area (Å²) in [4.78, 5) is 3.51. The smallest absolute Gasteiger partial charge is 0.376 e. The van der Waals surface area contributed by atoms with Gasteiger partial charge >= 0.3 is 5.89 Å². The summed E-state index contributed by atoms with van der Waals surface area (Å²) in [5.74, 6) is 0.861. The van der Waals surface area contributed by atoms with Gasteiger partial charge in [-0.05, 0) is 30.7 Å². The van der Waals surface area contributed by atoms with Crippen LogP contribution in [0.25, 0.3) is 17.2 Å². The molecule has 0 radical (unpaired) electrons. The molecule has 0 N–H and O–H groups in total. The fourth-order valence-corrected chi connectivity index (χ4v) is 3.81. The van der Waals surface area contributed by atoms with Gasteiger partial charge in [0.05, 0.1) is 16.8 Å². The van der Waals surface area contributed by atoms with Crippen LogP contribution in [0.2, 0.25) is 0 Å². The van der Waals surface area contributed by atoms with E-state index in [4.69, 9.17) is 4.42 Å². The van der Waals surface area contributed by atoms with Crippen molar-refractivity contribution in [2.45, 2.75) is 11.8 Å². The predicted molar refractivity (Wildman–Crippen MR) is 90.8 cm³/mol. The second-order valence-electron chi connectivity index (χ2n) is 5.58. The SMILES string of the molecule is Cc1ccc2c(c1)N(C)C(=Cc1oc3ccccc3[n+]1C)S2. The molecule has 2 aromatic carbocycles. The van der Waals surface area contributed by atoms with Gasteiger partial charge in [-0.2, -0.15) is 4.57 Å². The minimum Gasteiger partial charge on any atom is -0.398 e. The number of benzene rings is 2. The maximum Gasteiger partial charge on any atom is 0.376 e. The zero-order valence-electron chi connectivity index (χ0n) is 12.8. The first-order valence-corrected chi connectivity index (χ1v) is 8.06. The lowest BCUT2D eigenvalue weighted by Gasteiger charge is -2.12. The second-order valence-corrected chi connectivity index (χ2v) is 6.64. The summed E-state index contributed by atoms with van der Waals surface area (Å²) in [6.45, 7) is 2.12. The number of para-hydroxylation sites is 2. The van der Waals surface area contributed by atoms with E-state index in [1.807, 2.05) is 25.2 Å². The summed E-state index contributed by atoms with van der Waals surface area (Å²) in [6.07, 6.45) is 2.11.